The maximum absolute atomic E-state index is 12.6. The Morgan fingerprint density at radius 3 is 2.50 bits per heavy atom. The van der Waals surface area contributed by atoms with E-state index >= 15 is 0 Å². The highest BCUT2D eigenvalue weighted by Gasteiger charge is 2.54. The molecule has 1 unspecified atom stereocenters. The minimum absolute atomic E-state index is 0.139. The molecule has 0 saturated carbocycles. The van der Waals surface area contributed by atoms with E-state index in [1.54, 1.807) is 0 Å². The van der Waals surface area contributed by atoms with Crippen LogP contribution in [0.4, 0.5) is 0 Å². The maximum atomic E-state index is 12.6. The van der Waals surface area contributed by atoms with Crippen molar-refractivity contribution in [3.63, 3.8) is 0 Å². The number of nitrogens with zero attached hydrogens (tertiary/aromatic N) is 1. The molecule has 1 aromatic rings. The van der Waals surface area contributed by atoms with Gasteiger partial charge in [-0.25, -0.2) is 4.79 Å². The van der Waals surface area contributed by atoms with Gasteiger partial charge >= 0.3 is 11.9 Å². The van der Waals surface area contributed by atoms with Crippen molar-refractivity contribution in [2.75, 3.05) is 12.4 Å². The minimum atomic E-state index is -1.34. The van der Waals surface area contributed by atoms with E-state index in [0.29, 0.717) is 0 Å². The molecule has 1 saturated heterocycles. The molecule has 0 radical (unpaired) electrons. The van der Waals surface area contributed by atoms with Gasteiger partial charge in [0.1, 0.15) is 41.3 Å². The summed E-state index contributed by atoms with van der Waals surface area (Å²) in [4.78, 5) is 48.8. The van der Waals surface area contributed by atoms with Crippen molar-refractivity contribution in [1.29, 1.82) is 0 Å². The Bertz CT molecular complexity index is 942. The molecule has 11 nitrogen and oxygen atoms in total. The van der Waals surface area contributed by atoms with E-state index in [0.717, 1.165) is 11.0 Å². The summed E-state index contributed by atoms with van der Waals surface area (Å²) in [7, 11) is 0. The van der Waals surface area contributed by atoms with Crippen molar-refractivity contribution in [2.45, 2.75) is 24.4 Å². The molecule has 3 atom stereocenters. The fourth-order valence-corrected chi connectivity index (χ4v) is 4.50. The Morgan fingerprint density at radius 2 is 1.93 bits per heavy atom. The molecule has 2 aliphatic heterocycles. The van der Waals surface area contributed by atoms with E-state index in [4.69, 9.17) is 10.5 Å². The first-order valence-electron chi connectivity index (χ1n) is 8.72. The first-order chi connectivity index (χ1) is 14.1. The van der Waals surface area contributed by atoms with E-state index in [-0.39, 0.29) is 40.7 Å². The fourth-order valence-electron chi connectivity index (χ4n) is 3.18. The lowest BCUT2D eigenvalue weighted by Crippen LogP contribution is -2.71. The molecular formula is C18H19N3O8S. The summed E-state index contributed by atoms with van der Waals surface area (Å²) in [5, 5.41) is 30.4. The molecule has 160 valence electrons. The van der Waals surface area contributed by atoms with Gasteiger partial charge in [-0.15, -0.1) is 11.8 Å². The summed E-state index contributed by atoms with van der Waals surface area (Å²) < 4.78 is 4.86. The van der Waals surface area contributed by atoms with E-state index in [9.17, 15) is 34.5 Å². The van der Waals surface area contributed by atoms with Gasteiger partial charge in [-0.2, -0.15) is 0 Å². The van der Waals surface area contributed by atoms with Crippen LogP contribution in [-0.4, -0.2) is 67.7 Å². The monoisotopic (exact) mass is 437 g/mol. The van der Waals surface area contributed by atoms with Gasteiger partial charge in [0, 0.05) is 24.3 Å². The number of carbonyl (C=O) groups is 4. The number of carboxylic acid groups (broad SMARTS) is 1. The molecule has 6 N–H and O–H groups in total. The highest BCUT2D eigenvalue weighted by Crippen LogP contribution is 2.40. The number of fused-ring (bicyclic) bond motifs is 1. The molecule has 2 aliphatic rings. The molecule has 30 heavy (non-hydrogen) atoms. The van der Waals surface area contributed by atoms with Crippen molar-refractivity contribution >= 4 is 35.5 Å². The summed E-state index contributed by atoms with van der Waals surface area (Å²) in [6.45, 7) is 0.943. The van der Waals surface area contributed by atoms with E-state index in [1.807, 2.05) is 0 Å². The largest absolute Gasteiger partial charge is 0.508 e. The summed E-state index contributed by atoms with van der Waals surface area (Å²) >= 11 is 1.22. The Kier molecular flexibility index (Phi) is 5.89. The average Bonchev–Trinajstić information content (AvgIpc) is 2.67. The number of aliphatic carboxylic acids is 1. The van der Waals surface area contributed by atoms with Crippen LogP contribution in [-0.2, 0) is 23.9 Å². The number of ether oxygens (including phenoxy) is 1. The highest BCUT2D eigenvalue weighted by molar-refractivity contribution is 8.00. The fraction of sp³-hybridized carbons (Fsp3) is 0.333. The predicted molar refractivity (Wildman–Crippen MR) is 103 cm³/mol. The lowest BCUT2D eigenvalue weighted by atomic mass is 10.0. The zero-order valence-electron chi connectivity index (χ0n) is 15.7. The lowest BCUT2D eigenvalue weighted by molar-refractivity contribution is -0.151. The molecule has 0 aliphatic carbocycles. The molecule has 0 bridgehead atoms. The average molecular weight is 437 g/mol. The van der Waals surface area contributed by atoms with E-state index in [1.165, 1.54) is 30.8 Å². The Hall–Kier alpha value is -3.25. The quantitative estimate of drug-likeness (QED) is 0.285. The number of hydrogen-bond donors (Lipinski definition) is 5. The Morgan fingerprint density at radius 1 is 1.30 bits per heavy atom. The standard InChI is InChI=1S/C18H19N3O8S/c1-7(22)29-5-9-6-30-17-13(16(26)21(17)14(9)18(27)28)20-15(25)12(19)8-2-10(23)4-11(24)3-8/h2-4,12-13,17,23-24H,5-6,19H2,1H3,(H,20,25)(H,27,28)/t12?,13-,17-/m1/s1. The molecule has 0 spiro atoms. The third-order valence-corrected chi connectivity index (χ3v) is 5.90. The number of aromatic hydroxyl groups is 2. The molecule has 2 heterocycles. The summed E-state index contributed by atoms with van der Waals surface area (Å²) in [5.74, 6) is -3.65. The van der Waals surface area contributed by atoms with Gasteiger partial charge in [-0.3, -0.25) is 19.3 Å². The van der Waals surface area contributed by atoms with Crippen molar-refractivity contribution in [3.05, 3.63) is 35.0 Å². The third-order valence-electron chi connectivity index (χ3n) is 4.56. The number of phenols is 2. The number of nitrogens with two attached hydrogens (primary N) is 1. The van der Waals surface area contributed by atoms with E-state index < -0.39 is 41.2 Å². The molecule has 12 heteroatoms. The van der Waals surface area contributed by atoms with Crippen LogP contribution in [0.15, 0.2) is 29.5 Å². The van der Waals surface area contributed by atoms with Crippen molar-refractivity contribution in [2.24, 2.45) is 5.73 Å². The number of thioether (sulfide) groups is 1. The predicted octanol–water partition coefficient (Wildman–Crippen LogP) is -0.601. The van der Waals surface area contributed by atoms with Crippen LogP contribution < -0.4 is 11.1 Å². The van der Waals surface area contributed by atoms with Crippen molar-refractivity contribution < 1.29 is 39.2 Å². The van der Waals surface area contributed by atoms with Crippen molar-refractivity contribution in [3.8, 4) is 11.5 Å². The SMILES string of the molecule is CC(=O)OCC1=C(C(=O)O)N2C(=O)[C@@H](NC(=O)C(N)c3cc(O)cc(O)c3)[C@H]2SC1. The number of amides is 2. The lowest BCUT2D eigenvalue weighted by Gasteiger charge is -2.49. The number of benzene rings is 1. The van der Waals surface area contributed by atoms with Gasteiger partial charge in [-0.05, 0) is 17.7 Å². The second-order valence-electron chi connectivity index (χ2n) is 6.69. The zero-order valence-corrected chi connectivity index (χ0v) is 16.5. The maximum Gasteiger partial charge on any atom is 0.352 e. The topological polar surface area (TPSA) is 179 Å². The summed E-state index contributed by atoms with van der Waals surface area (Å²) in [6.07, 6.45) is 0. The Balaban J connectivity index is 1.73. The molecule has 3 rings (SSSR count). The van der Waals surface area contributed by atoms with Gasteiger partial charge in [0.15, 0.2) is 0 Å². The molecule has 0 aromatic heterocycles. The number of esters is 1. The second-order valence-corrected chi connectivity index (χ2v) is 7.80. The van der Waals surface area contributed by atoms with Crippen LogP contribution >= 0.6 is 11.8 Å². The second kappa shape index (κ2) is 8.24. The number of hydrogen-bond acceptors (Lipinski definition) is 9. The number of phenolic OH excluding ortho intramolecular Hbond substituents is 2. The first-order valence-corrected chi connectivity index (χ1v) is 9.77. The number of rotatable bonds is 6. The van der Waals surface area contributed by atoms with Crippen LogP contribution in [0, 0.1) is 0 Å². The van der Waals surface area contributed by atoms with Crippen LogP contribution in [0.5, 0.6) is 11.5 Å². The normalized spacial score (nSPS) is 21.4. The summed E-state index contributed by atoms with van der Waals surface area (Å²) in [5.41, 5.74) is 6.02. The molecule has 2 amide bonds. The number of carbonyl (C=O) groups excluding carboxylic acids is 3. The smallest absolute Gasteiger partial charge is 0.352 e. The highest BCUT2D eigenvalue weighted by atomic mass is 32.2. The van der Waals surface area contributed by atoms with Gasteiger partial charge in [0.2, 0.25) is 5.91 Å². The zero-order chi connectivity index (χ0) is 22.2. The molecular weight excluding hydrogens is 418 g/mol. The minimum Gasteiger partial charge on any atom is -0.508 e. The van der Waals surface area contributed by atoms with Crippen LogP contribution in [0.1, 0.15) is 18.5 Å². The van der Waals surface area contributed by atoms with Gasteiger partial charge < -0.3 is 31.1 Å². The number of carboxylic acids is 1. The van der Waals surface area contributed by atoms with Gasteiger partial charge in [0.05, 0.1) is 0 Å². The van der Waals surface area contributed by atoms with Gasteiger partial charge in [-0.1, -0.05) is 0 Å². The third kappa shape index (κ3) is 4.04. The van der Waals surface area contributed by atoms with E-state index in [2.05, 4.69) is 5.32 Å². The molecule has 1 aromatic carbocycles. The van der Waals surface area contributed by atoms with Crippen LogP contribution in [0.2, 0.25) is 0 Å². The first kappa shape index (κ1) is 21.5. The number of nitrogens with one attached hydrogen (secondary N) is 1. The van der Waals surface area contributed by atoms with Crippen molar-refractivity contribution in [1.82, 2.24) is 10.2 Å². The van der Waals surface area contributed by atoms with Crippen LogP contribution in [0.3, 0.4) is 0 Å². The summed E-state index contributed by atoms with van der Waals surface area (Å²) in [6, 6.07) is 1.23. The van der Waals surface area contributed by atoms with Crippen LogP contribution in [0.25, 0.3) is 0 Å². The molecule has 1 fully saturated rings. The Labute approximate surface area is 174 Å². The number of β-lactam (4-membered cyclic amide) rings is 1. The van der Waals surface area contributed by atoms with Gasteiger partial charge in [0.25, 0.3) is 5.91 Å².